The number of benzene rings is 1. The maximum Gasteiger partial charge on any atom is 0.165 e. The fraction of sp³-hybridized carbons (Fsp3) is 0.500. The highest BCUT2D eigenvalue weighted by Gasteiger charge is 2.35. The molecule has 0 unspecified atom stereocenters. The highest BCUT2D eigenvalue weighted by atomic mass is 19.1. The minimum atomic E-state index is -0.558. The molecule has 2 rings (SSSR count). The first-order valence-corrected chi connectivity index (χ1v) is 5.39. The van der Waals surface area contributed by atoms with Gasteiger partial charge >= 0.3 is 0 Å². The largest absolute Gasteiger partial charge is 0.489 e. The summed E-state index contributed by atoms with van der Waals surface area (Å²) < 4.78 is 18.5. The molecule has 0 amide bonds. The van der Waals surface area contributed by atoms with Gasteiger partial charge in [0, 0.05) is 19.6 Å². The van der Waals surface area contributed by atoms with Crippen molar-refractivity contribution < 1.29 is 14.2 Å². The van der Waals surface area contributed by atoms with Gasteiger partial charge in [-0.2, -0.15) is 0 Å². The van der Waals surface area contributed by atoms with Gasteiger partial charge in [0.15, 0.2) is 11.6 Å². The monoisotopic (exact) mass is 225 g/mol. The van der Waals surface area contributed by atoms with Crippen molar-refractivity contribution in [3.8, 4) is 5.75 Å². The van der Waals surface area contributed by atoms with E-state index in [-0.39, 0.29) is 11.6 Å². The highest BCUT2D eigenvalue weighted by molar-refractivity contribution is 5.23. The molecular weight excluding hydrogens is 209 g/mol. The summed E-state index contributed by atoms with van der Waals surface area (Å²) in [5.74, 6) is -0.0483. The van der Waals surface area contributed by atoms with Gasteiger partial charge in [-0.05, 0) is 19.1 Å². The molecule has 1 aliphatic heterocycles. The van der Waals surface area contributed by atoms with Crippen molar-refractivity contribution >= 4 is 0 Å². The van der Waals surface area contributed by atoms with Crippen molar-refractivity contribution in [3.63, 3.8) is 0 Å². The smallest absolute Gasteiger partial charge is 0.165 e. The van der Waals surface area contributed by atoms with Crippen LogP contribution in [0.1, 0.15) is 6.92 Å². The second-order valence-electron chi connectivity index (χ2n) is 4.49. The average molecular weight is 225 g/mol. The van der Waals surface area contributed by atoms with Gasteiger partial charge in [0.1, 0.15) is 6.61 Å². The van der Waals surface area contributed by atoms with Crippen molar-refractivity contribution in [2.24, 2.45) is 0 Å². The first kappa shape index (κ1) is 11.4. The molecule has 4 heteroatoms. The molecule has 0 atom stereocenters. The number of aliphatic hydroxyl groups is 1. The maximum atomic E-state index is 13.2. The van der Waals surface area contributed by atoms with Crippen LogP contribution in [-0.2, 0) is 0 Å². The number of hydrogen-bond donors (Lipinski definition) is 1. The Balaban J connectivity index is 1.71. The van der Waals surface area contributed by atoms with Crippen LogP contribution >= 0.6 is 0 Å². The molecule has 0 aromatic heterocycles. The van der Waals surface area contributed by atoms with E-state index in [2.05, 4.69) is 4.90 Å². The van der Waals surface area contributed by atoms with Gasteiger partial charge in [-0.3, -0.25) is 4.90 Å². The van der Waals surface area contributed by atoms with E-state index in [0.717, 1.165) is 0 Å². The first-order valence-electron chi connectivity index (χ1n) is 5.39. The van der Waals surface area contributed by atoms with Gasteiger partial charge in [-0.15, -0.1) is 0 Å². The van der Waals surface area contributed by atoms with Crippen LogP contribution in [-0.4, -0.2) is 41.8 Å². The van der Waals surface area contributed by atoms with E-state index in [1.54, 1.807) is 25.1 Å². The van der Waals surface area contributed by atoms with Crippen LogP contribution in [0.15, 0.2) is 24.3 Å². The van der Waals surface area contributed by atoms with Crippen molar-refractivity contribution in [2.75, 3.05) is 26.2 Å². The fourth-order valence-corrected chi connectivity index (χ4v) is 1.92. The van der Waals surface area contributed by atoms with Gasteiger partial charge in [-0.1, -0.05) is 12.1 Å². The standard InChI is InChI=1S/C12H16FNO2/c1-12(15)8-14(9-12)6-7-16-11-5-3-2-4-10(11)13/h2-5,15H,6-9H2,1H3. The van der Waals surface area contributed by atoms with Crippen LogP contribution in [0.3, 0.4) is 0 Å². The third kappa shape index (κ3) is 2.71. The predicted molar refractivity (Wildman–Crippen MR) is 59.0 cm³/mol. The minimum absolute atomic E-state index is 0.287. The van der Waals surface area contributed by atoms with Crippen LogP contribution in [0, 0.1) is 5.82 Å². The third-order valence-electron chi connectivity index (χ3n) is 2.63. The number of ether oxygens (including phenoxy) is 1. The zero-order valence-electron chi connectivity index (χ0n) is 9.32. The van der Waals surface area contributed by atoms with E-state index in [1.165, 1.54) is 6.07 Å². The topological polar surface area (TPSA) is 32.7 Å². The van der Waals surface area contributed by atoms with Crippen LogP contribution in [0.5, 0.6) is 5.75 Å². The normalized spacial score (nSPS) is 19.2. The molecule has 1 N–H and O–H groups in total. The first-order chi connectivity index (χ1) is 7.57. The Morgan fingerprint density at radius 1 is 1.44 bits per heavy atom. The summed E-state index contributed by atoms with van der Waals surface area (Å²) in [6.07, 6.45) is 0. The van der Waals surface area contributed by atoms with Gasteiger partial charge < -0.3 is 9.84 Å². The lowest BCUT2D eigenvalue weighted by atomic mass is 9.97. The number of rotatable bonds is 4. The van der Waals surface area contributed by atoms with E-state index in [1.807, 2.05) is 0 Å². The lowest BCUT2D eigenvalue weighted by molar-refractivity contribution is -0.0860. The quantitative estimate of drug-likeness (QED) is 0.837. The molecular formula is C12H16FNO2. The number of likely N-dealkylation sites (tertiary alicyclic amines) is 1. The lowest BCUT2D eigenvalue weighted by Gasteiger charge is -2.44. The predicted octanol–water partition coefficient (Wildman–Crippen LogP) is 1.27. The van der Waals surface area contributed by atoms with E-state index < -0.39 is 5.60 Å². The summed E-state index contributed by atoms with van der Waals surface area (Å²) in [6.45, 7) is 4.28. The molecule has 3 nitrogen and oxygen atoms in total. The molecule has 1 aliphatic rings. The molecule has 1 saturated heterocycles. The van der Waals surface area contributed by atoms with E-state index in [4.69, 9.17) is 4.74 Å². The van der Waals surface area contributed by atoms with Crippen molar-refractivity contribution in [1.82, 2.24) is 4.90 Å². The summed E-state index contributed by atoms with van der Waals surface area (Å²) in [5, 5.41) is 9.50. The zero-order chi connectivity index (χ0) is 11.6. The summed E-state index contributed by atoms with van der Waals surface area (Å²) in [7, 11) is 0. The lowest BCUT2D eigenvalue weighted by Crippen LogP contribution is -2.60. The molecule has 1 heterocycles. The molecule has 0 saturated carbocycles. The number of halogens is 1. The van der Waals surface area contributed by atoms with Crippen LogP contribution < -0.4 is 4.74 Å². The molecule has 0 aliphatic carbocycles. The highest BCUT2D eigenvalue weighted by Crippen LogP contribution is 2.19. The molecule has 1 aromatic carbocycles. The number of nitrogens with zero attached hydrogens (tertiary/aromatic N) is 1. The van der Waals surface area contributed by atoms with Gasteiger partial charge in [0.2, 0.25) is 0 Å². The molecule has 1 aromatic rings. The zero-order valence-corrected chi connectivity index (χ0v) is 9.32. The Kier molecular flexibility index (Phi) is 3.12. The Morgan fingerprint density at radius 2 is 2.12 bits per heavy atom. The van der Waals surface area contributed by atoms with Crippen LogP contribution in [0.25, 0.3) is 0 Å². The molecule has 16 heavy (non-hydrogen) atoms. The Bertz CT molecular complexity index is 360. The molecule has 0 bridgehead atoms. The average Bonchev–Trinajstić information content (AvgIpc) is 2.18. The third-order valence-corrected chi connectivity index (χ3v) is 2.63. The van der Waals surface area contributed by atoms with Crippen molar-refractivity contribution in [3.05, 3.63) is 30.1 Å². The molecule has 1 fully saturated rings. The maximum absolute atomic E-state index is 13.2. The molecule has 0 radical (unpaired) electrons. The summed E-state index contributed by atoms with van der Waals surface area (Å²) in [5.41, 5.74) is -0.558. The Labute approximate surface area is 94.4 Å². The van der Waals surface area contributed by atoms with Crippen LogP contribution in [0.4, 0.5) is 4.39 Å². The SMILES string of the molecule is CC1(O)CN(CCOc2ccccc2F)C1. The van der Waals surface area contributed by atoms with Crippen molar-refractivity contribution in [2.45, 2.75) is 12.5 Å². The number of hydrogen-bond acceptors (Lipinski definition) is 3. The minimum Gasteiger partial charge on any atom is -0.489 e. The Hall–Kier alpha value is -1.13. The Morgan fingerprint density at radius 3 is 2.75 bits per heavy atom. The molecule has 88 valence electrons. The van der Waals surface area contributed by atoms with E-state index in [0.29, 0.717) is 26.2 Å². The van der Waals surface area contributed by atoms with Crippen molar-refractivity contribution in [1.29, 1.82) is 0 Å². The molecule has 0 spiro atoms. The fourth-order valence-electron chi connectivity index (χ4n) is 1.92. The number of para-hydroxylation sites is 1. The van der Waals surface area contributed by atoms with E-state index in [9.17, 15) is 9.50 Å². The summed E-state index contributed by atoms with van der Waals surface area (Å²) >= 11 is 0. The van der Waals surface area contributed by atoms with Gasteiger partial charge in [0.25, 0.3) is 0 Å². The second-order valence-corrected chi connectivity index (χ2v) is 4.49. The summed E-state index contributed by atoms with van der Waals surface area (Å²) in [4.78, 5) is 2.07. The van der Waals surface area contributed by atoms with Crippen LogP contribution in [0.2, 0.25) is 0 Å². The van der Waals surface area contributed by atoms with Gasteiger partial charge in [0.05, 0.1) is 5.60 Å². The second kappa shape index (κ2) is 4.39. The van der Waals surface area contributed by atoms with Gasteiger partial charge in [-0.25, -0.2) is 4.39 Å². The number of β-amino-alcohol motifs (C(OH)–C–C–N with tert-alkyl or cyclic N) is 1. The van der Waals surface area contributed by atoms with E-state index >= 15 is 0 Å². The summed E-state index contributed by atoms with van der Waals surface area (Å²) in [6, 6.07) is 6.37.